The average Bonchev–Trinajstić information content (AvgIpc) is 2.10. The van der Waals surface area contributed by atoms with Gasteiger partial charge in [0.2, 0.25) is 0 Å². The topological polar surface area (TPSA) is 98.2 Å². The number of carbonyl (C=O) groups excluding carboxylic acids is 1. The SMILES string of the molecule is C=C(C)C(=O)c1cn(O)c(=O)nc1N. The summed E-state index contributed by atoms with van der Waals surface area (Å²) in [5.74, 6) is -0.675. The largest absolute Gasteiger partial charge is 0.424 e. The fraction of sp³-hybridized carbons (Fsp3) is 0.125. The third-order valence-electron chi connectivity index (χ3n) is 1.57. The highest BCUT2D eigenvalue weighted by atomic mass is 16.5. The molecule has 0 atom stereocenters. The van der Waals surface area contributed by atoms with Crippen LogP contribution >= 0.6 is 0 Å². The van der Waals surface area contributed by atoms with Crippen LogP contribution in [0.3, 0.4) is 0 Å². The van der Waals surface area contributed by atoms with Gasteiger partial charge in [0.05, 0.1) is 11.8 Å². The van der Waals surface area contributed by atoms with Gasteiger partial charge in [-0.2, -0.15) is 4.98 Å². The first-order valence-corrected chi connectivity index (χ1v) is 3.72. The van der Waals surface area contributed by atoms with Crippen LogP contribution in [-0.2, 0) is 0 Å². The van der Waals surface area contributed by atoms with E-state index in [-0.39, 0.29) is 21.7 Å². The van der Waals surface area contributed by atoms with Crippen LogP contribution in [0.25, 0.3) is 0 Å². The Bertz CT molecular complexity index is 461. The summed E-state index contributed by atoms with van der Waals surface area (Å²) in [6.45, 7) is 4.92. The van der Waals surface area contributed by atoms with Crippen molar-refractivity contribution >= 4 is 11.6 Å². The highest BCUT2D eigenvalue weighted by Gasteiger charge is 2.13. The van der Waals surface area contributed by atoms with Crippen molar-refractivity contribution in [2.45, 2.75) is 6.92 Å². The molecule has 14 heavy (non-hydrogen) atoms. The lowest BCUT2D eigenvalue weighted by Crippen LogP contribution is -2.24. The molecule has 0 fully saturated rings. The van der Waals surface area contributed by atoms with E-state index >= 15 is 0 Å². The maximum absolute atomic E-state index is 11.4. The highest BCUT2D eigenvalue weighted by molar-refractivity contribution is 6.10. The van der Waals surface area contributed by atoms with E-state index in [0.717, 1.165) is 6.20 Å². The molecule has 1 aromatic rings. The zero-order valence-corrected chi connectivity index (χ0v) is 7.52. The lowest BCUT2D eigenvalue weighted by atomic mass is 10.1. The normalized spacial score (nSPS) is 9.79. The van der Waals surface area contributed by atoms with Gasteiger partial charge in [0, 0.05) is 0 Å². The minimum Gasteiger partial charge on any atom is -0.424 e. The second-order valence-corrected chi connectivity index (χ2v) is 2.78. The van der Waals surface area contributed by atoms with Gasteiger partial charge in [0.1, 0.15) is 5.82 Å². The molecule has 0 saturated heterocycles. The maximum atomic E-state index is 11.4. The first-order valence-electron chi connectivity index (χ1n) is 3.72. The van der Waals surface area contributed by atoms with Crippen LogP contribution < -0.4 is 11.4 Å². The molecule has 3 N–H and O–H groups in total. The molecular formula is C8H9N3O3. The van der Waals surface area contributed by atoms with Crippen molar-refractivity contribution in [2.24, 2.45) is 0 Å². The second kappa shape index (κ2) is 3.33. The fourth-order valence-electron chi connectivity index (χ4n) is 0.863. The van der Waals surface area contributed by atoms with Gasteiger partial charge in [-0.1, -0.05) is 6.58 Å². The number of allylic oxidation sites excluding steroid dienone is 1. The number of ketones is 1. The zero-order valence-electron chi connectivity index (χ0n) is 7.52. The number of aromatic nitrogens is 2. The molecule has 0 aliphatic rings. The molecule has 1 heterocycles. The molecule has 74 valence electrons. The first-order chi connectivity index (χ1) is 6.43. The molecule has 1 rings (SSSR count). The zero-order chi connectivity index (χ0) is 10.9. The Kier molecular flexibility index (Phi) is 2.37. The van der Waals surface area contributed by atoms with Crippen molar-refractivity contribution in [3.05, 3.63) is 34.4 Å². The Hall–Kier alpha value is -2.11. The van der Waals surface area contributed by atoms with Crippen molar-refractivity contribution in [3.8, 4) is 0 Å². The molecular weight excluding hydrogens is 186 g/mol. The van der Waals surface area contributed by atoms with Gasteiger partial charge in [-0.25, -0.2) is 4.79 Å². The van der Waals surface area contributed by atoms with E-state index < -0.39 is 11.5 Å². The summed E-state index contributed by atoms with van der Waals surface area (Å²) in [7, 11) is 0. The van der Waals surface area contributed by atoms with E-state index in [2.05, 4.69) is 11.6 Å². The van der Waals surface area contributed by atoms with Gasteiger partial charge in [-0.3, -0.25) is 4.79 Å². The van der Waals surface area contributed by atoms with E-state index in [0.29, 0.717) is 0 Å². The van der Waals surface area contributed by atoms with Crippen LogP contribution in [0.15, 0.2) is 23.1 Å². The number of hydrogen-bond donors (Lipinski definition) is 2. The number of anilines is 1. The summed E-state index contributed by atoms with van der Waals surface area (Å²) in [6, 6.07) is 0. The molecule has 6 heteroatoms. The number of nitrogens with zero attached hydrogens (tertiary/aromatic N) is 2. The Labute approximate surface area is 79.3 Å². The predicted octanol–water partition coefficient (Wildman–Crippen LogP) is -0.178. The van der Waals surface area contributed by atoms with Crippen molar-refractivity contribution in [1.29, 1.82) is 0 Å². The van der Waals surface area contributed by atoms with Gasteiger partial charge < -0.3 is 10.9 Å². The van der Waals surface area contributed by atoms with Crippen molar-refractivity contribution in [2.75, 3.05) is 5.73 Å². The monoisotopic (exact) mass is 195 g/mol. The van der Waals surface area contributed by atoms with Crippen LogP contribution in [0.4, 0.5) is 5.82 Å². The predicted molar refractivity (Wildman–Crippen MR) is 49.2 cm³/mol. The second-order valence-electron chi connectivity index (χ2n) is 2.78. The molecule has 0 radical (unpaired) electrons. The summed E-state index contributed by atoms with van der Waals surface area (Å²) < 4.78 is 0.201. The number of hydrogen-bond acceptors (Lipinski definition) is 5. The lowest BCUT2D eigenvalue weighted by molar-refractivity contribution is 0.102. The number of rotatable bonds is 2. The maximum Gasteiger partial charge on any atom is 0.382 e. The number of nitrogens with two attached hydrogens (primary N) is 1. The van der Waals surface area contributed by atoms with E-state index in [1.165, 1.54) is 6.92 Å². The van der Waals surface area contributed by atoms with Crippen LogP contribution in [0.2, 0.25) is 0 Å². The molecule has 0 bridgehead atoms. The highest BCUT2D eigenvalue weighted by Crippen LogP contribution is 2.09. The smallest absolute Gasteiger partial charge is 0.382 e. The van der Waals surface area contributed by atoms with Gasteiger partial charge in [0.25, 0.3) is 0 Å². The standard InChI is InChI=1S/C8H9N3O3/c1-4(2)6(12)5-3-11(14)8(13)10-7(5)9/h3,14H,1H2,2H3,(H2,9,10,13). The van der Waals surface area contributed by atoms with Crippen molar-refractivity contribution in [3.63, 3.8) is 0 Å². The molecule has 0 aliphatic carbocycles. The Balaban J connectivity index is 3.37. The van der Waals surface area contributed by atoms with Gasteiger partial charge in [-0.05, 0) is 12.5 Å². The van der Waals surface area contributed by atoms with Gasteiger partial charge in [-0.15, -0.1) is 4.73 Å². The third kappa shape index (κ3) is 1.63. The number of nitrogen functional groups attached to an aromatic ring is 1. The molecule has 0 unspecified atom stereocenters. The Morgan fingerprint density at radius 2 is 2.29 bits per heavy atom. The number of carbonyl (C=O) groups is 1. The molecule has 1 aromatic heterocycles. The molecule has 0 amide bonds. The van der Waals surface area contributed by atoms with E-state index in [9.17, 15) is 9.59 Å². The quantitative estimate of drug-likeness (QED) is 0.387. The third-order valence-corrected chi connectivity index (χ3v) is 1.57. The van der Waals surface area contributed by atoms with Crippen molar-refractivity contribution < 1.29 is 10.0 Å². The van der Waals surface area contributed by atoms with Crippen LogP contribution in [0.5, 0.6) is 0 Å². The van der Waals surface area contributed by atoms with Gasteiger partial charge in [0.15, 0.2) is 5.78 Å². The van der Waals surface area contributed by atoms with E-state index in [1.807, 2.05) is 0 Å². The summed E-state index contributed by atoms with van der Waals surface area (Å²) >= 11 is 0. The minimum atomic E-state index is -0.930. The minimum absolute atomic E-state index is 0.0420. The molecule has 0 spiro atoms. The molecule has 6 nitrogen and oxygen atoms in total. The van der Waals surface area contributed by atoms with Crippen LogP contribution in [-0.4, -0.2) is 20.7 Å². The molecule has 0 aliphatic heterocycles. The van der Waals surface area contributed by atoms with E-state index in [1.54, 1.807) is 0 Å². The molecule has 0 saturated carbocycles. The summed E-state index contributed by atoms with van der Waals surface area (Å²) in [6.07, 6.45) is 0.918. The first kappa shape index (κ1) is 9.97. The fourth-order valence-corrected chi connectivity index (χ4v) is 0.863. The Morgan fingerprint density at radius 1 is 1.71 bits per heavy atom. The Morgan fingerprint density at radius 3 is 2.79 bits per heavy atom. The summed E-state index contributed by atoms with van der Waals surface area (Å²) in [5.41, 5.74) is 4.61. The van der Waals surface area contributed by atoms with Crippen LogP contribution in [0.1, 0.15) is 17.3 Å². The van der Waals surface area contributed by atoms with E-state index in [4.69, 9.17) is 10.9 Å². The summed E-state index contributed by atoms with van der Waals surface area (Å²) in [5, 5.41) is 8.96. The van der Waals surface area contributed by atoms with Crippen molar-refractivity contribution in [1.82, 2.24) is 9.71 Å². The molecule has 0 aromatic carbocycles. The average molecular weight is 195 g/mol. The van der Waals surface area contributed by atoms with Crippen LogP contribution in [0, 0.1) is 0 Å². The van der Waals surface area contributed by atoms with Gasteiger partial charge >= 0.3 is 5.69 Å². The number of Topliss-reactive ketones (excluding diaryl/α,β-unsaturated/α-hetero) is 1. The summed E-state index contributed by atoms with van der Waals surface area (Å²) in [4.78, 5) is 25.4. The lowest BCUT2D eigenvalue weighted by Gasteiger charge is -2.03.